The van der Waals surface area contributed by atoms with Crippen LogP contribution in [0.25, 0.3) is 10.4 Å². The first-order valence-electron chi connectivity index (χ1n) is 7.39. The number of rotatable bonds is 3. The molecule has 0 radical (unpaired) electrons. The van der Waals surface area contributed by atoms with Gasteiger partial charge in [0.2, 0.25) is 0 Å². The molecular weight excluding hydrogens is 256 g/mol. The molecule has 1 saturated heterocycles. The summed E-state index contributed by atoms with van der Waals surface area (Å²) in [6, 6.07) is 0. The van der Waals surface area contributed by atoms with Crippen molar-refractivity contribution in [1.82, 2.24) is 4.90 Å². The summed E-state index contributed by atoms with van der Waals surface area (Å²) in [4.78, 5) is 16.8. The molecule has 0 aromatic rings. The van der Waals surface area contributed by atoms with Crippen molar-refractivity contribution in [1.29, 1.82) is 0 Å². The summed E-state index contributed by atoms with van der Waals surface area (Å²) in [5, 5.41) is 3.71. The minimum absolute atomic E-state index is 0.245. The highest BCUT2D eigenvalue weighted by atomic mass is 16.6. The Morgan fingerprint density at radius 2 is 2.10 bits per heavy atom. The van der Waals surface area contributed by atoms with E-state index in [1.165, 1.54) is 19.3 Å². The number of likely N-dealkylation sites (tertiary alicyclic amines) is 1. The summed E-state index contributed by atoms with van der Waals surface area (Å²) < 4.78 is 5.44. The van der Waals surface area contributed by atoms with Gasteiger partial charge >= 0.3 is 6.09 Å². The van der Waals surface area contributed by atoms with E-state index < -0.39 is 5.60 Å². The SMILES string of the molecule is CC(C)(C)OC(=O)N1CC(CN=[N+]=[N-])C(C2CCC2)C1. The van der Waals surface area contributed by atoms with Crippen LogP contribution in [0.2, 0.25) is 0 Å². The Bertz CT molecular complexity index is 408. The number of ether oxygens (including phenoxy) is 1. The molecule has 0 spiro atoms. The second-order valence-electron chi connectivity index (χ2n) is 6.91. The monoisotopic (exact) mass is 280 g/mol. The highest BCUT2D eigenvalue weighted by molar-refractivity contribution is 5.68. The zero-order chi connectivity index (χ0) is 14.8. The summed E-state index contributed by atoms with van der Waals surface area (Å²) in [7, 11) is 0. The molecular formula is C14H24N4O2. The quantitative estimate of drug-likeness (QED) is 0.450. The largest absolute Gasteiger partial charge is 0.444 e. The van der Waals surface area contributed by atoms with Crippen LogP contribution in [-0.4, -0.2) is 36.2 Å². The Hall–Kier alpha value is -1.42. The maximum atomic E-state index is 12.2. The molecule has 1 heterocycles. The van der Waals surface area contributed by atoms with Gasteiger partial charge in [-0.1, -0.05) is 24.4 Å². The third kappa shape index (κ3) is 3.57. The van der Waals surface area contributed by atoms with Gasteiger partial charge in [0.25, 0.3) is 0 Å². The molecule has 2 rings (SSSR count). The van der Waals surface area contributed by atoms with Gasteiger partial charge in [-0.3, -0.25) is 0 Å². The van der Waals surface area contributed by atoms with Crippen molar-refractivity contribution in [2.45, 2.75) is 45.6 Å². The third-order valence-electron chi connectivity index (χ3n) is 4.28. The molecule has 6 heteroatoms. The van der Waals surface area contributed by atoms with Crippen LogP contribution in [0.4, 0.5) is 4.79 Å². The van der Waals surface area contributed by atoms with Crippen molar-refractivity contribution >= 4 is 6.09 Å². The number of amides is 1. The zero-order valence-electron chi connectivity index (χ0n) is 12.6. The van der Waals surface area contributed by atoms with Gasteiger partial charge in [0.1, 0.15) is 5.60 Å². The Morgan fingerprint density at radius 3 is 2.60 bits per heavy atom. The Morgan fingerprint density at radius 1 is 1.40 bits per heavy atom. The van der Waals surface area contributed by atoms with Gasteiger partial charge in [-0.15, -0.1) is 0 Å². The van der Waals surface area contributed by atoms with Crippen LogP contribution in [0.1, 0.15) is 40.0 Å². The minimum atomic E-state index is -0.466. The van der Waals surface area contributed by atoms with Crippen LogP contribution in [0.5, 0.6) is 0 Å². The summed E-state index contributed by atoms with van der Waals surface area (Å²) in [5.74, 6) is 1.42. The lowest BCUT2D eigenvalue weighted by Gasteiger charge is -2.34. The van der Waals surface area contributed by atoms with E-state index in [4.69, 9.17) is 10.3 Å². The van der Waals surface area contributed by atoms with Gasteiger partial charge in [0.15, 0.2) is 0 Å². The number of hydrogen-bond acceptors (Lipinski definition) is 3. The fourth-order valence-corrected chi connectivity index (χ4v) is 3.11. The van der Waals surface area contributed by atoms with E-state index in [-0.39, 0.29) is 12.0 Å². The van der Waals surface area contributed by atoms with Crippen LogP contribution >= 0.6 is 0 Å². The van der Waals surface area contributed by atoms with Crippen molar-refractivity contribution in [3.8, 4) is 0 Å². The Labute approximate surface area is 120 Å². The predicted octanol–water partition coefficient (Wildman–Crippen LogP) is 3.58. The maximum absolute atomic E-state index is 12.2. The van der Waals surface area contributed by atoms with Gasteiger partial charge in [-0.25, -0.2) is 4.79 Å². The fourth-order valence-electron chi connectivity index (χ4n) is 3.11. The molecule has 1 amide bonds. The van der Waals surface area contributed by atoms with Crippen LogP contribution < -0.4 is 0 Å². The molecule has 1 aliphatic carbocycles. The van der Waals surface area contributed by atoms with E-state index >= 15 is 0 Å². The molecule has 6 nitrogen and oxygen atoms in total. The summed E-state index contributed by atoms with van der Waals surface area (Å²) in [6.45, 7) is 7.50. The van der Waals surface area contributed by atoms with Crippen molar-refractivity contribution in [3.63, 3.8) is 0 Å². The Balaban J connectivity index is 1.99. The van der Waals surface area contributed by atoms with Gasteiger partial charge in [0.05, 0.1) is 0 Å². The summed E-state index contributed by atoms with van der Waals surface area (Å²) in [6.07, 6.45) is 3.51. The zero-order valence-corrected chi connectivity index (χ0v) is 12.6. The lowest BCUT2D eigenvalue weighted by molar-refractivity contribution is 0.0277. The van der Waals surface area contributed by atoms with E-state index in [2.05, 4.69) is 10.0 Å². The standard InChI is InChI=1S/C14H24N4O2/c1-14(2,3)20-13(19)18-8-11(7-16-17-15)12(9-18)10-5-4-6-10/h10-12H,4-9H2,1-3H3. The summed E-state index contributed by atoms with van der Waals surface area (Å²) in [5.41, 5.74) is 8.04. The molecule has 1 saturated carbocycles. The Kier molecular flexibility index (Phi) is 4.43. The topological polar surface area (TPSA) is 78.3 Å². The normalized spacial score (nSPS) is 26.9. The molecule has 0 aromatic carbocycles. The molecule has 0 bridgehead atoms. The highest BCUT2D eigenvalue weighted by Crippen LogP contribution is 2.41. The summed E-state index contributed by atoms with van der Waals surface area (Å²) >= 11 is 0. The predicted molar refractivity (Wildman–Crippen MR) is 76.1 cm³/mol. The van der Waals surface area contributed by atoms with Crippen molar-refractivity contribution in [2.24, 2.45) is 22.9 Å². The number of carbonyl (C=O) groups excluding carboxylic acids is 1. The van der Waals surface area contributed by atoms with Crippen LogP contribution in [-0.2, 0) is 4.74 Å². The van der Waals surface area contributed by atoms with Gasteiger partial charge in [-0.2, -0.15) is 0 Å². The molecule has 1 aliphatic heterocycles. The molecule has 112 valence electrons. The third-order valence-corrected chi connectivity index (χ3v) is 4.28. The molecule has 0 aromatic heterocycles. The minimum Gasteiger partial charge on any atom is -0.444 e. The van der Waals surface area contributed by atoms with Crippen LogP contribution in [0.3, 0.4) is 0 Å². The van der Waals surface area contributed by atoms with Crippen molar-refractivity contribution < 1.29 is 9.53 Å². The second-order valence-corrected chi connectivity index (χ2v) is 6.91. The number of azide groups is 1. The smallest absolute Gasteiger partial charge is 0.410 e. The number of hydrogen-bond donors (Lipinski definition) is 0. The van der Waals surface area contributed by atoms with Crippen molar-refractivity contribution in [3.05, 3.63) is 10.4 Å². The van der Waals surface area contributed by atoms with Gasteiger partial charge < -0.3 is 9.64 Å². The average Bonchev–Trinajstić information content (AvgIpc) is 2.66. The average molecular weight is 280 g/mol. The first kappa shape index (κ1) is 15.0. The van der Waals surface area contributed by atoms with E-state index in [9.17, 15) is 4.79 Å². The van der Waals surface area contributed by atoms with Crippen molar-refractivity contribution in [2.75, 3.05) is 19.6 Å². The lowest BCUT2D eigenvalue weighted by Crippen LogP contribution is -2.36. The van der Waals surface area contributed by atoms with E-state index in [1.54, 1.807) is 4.90 Å². The van der Waals surface area contributed by atoms with Gasteiger partial charge in [0, 0.05) is 24.5 Å². The van der Waals surface area contributed by atoms with E-state index in [0.29, 0.717) is 24.9 Å². The lowest BCUT2D eigenvalue weighted by atomic mass is 9.72. The van der Waals surface area contributed by atoms with Crippen LogP contribution in [0, 0.1) is 17.8 Å². The number of nitrogens with zero attached hydrogens (tertiary/aromatic N) is 4. The van der Waals surface area contributed by atoms with E-state index in [0.717, 1.165) is 6.54 Å². The second kappa shape index (κ2) is 5.92. The van der Waals surface area contributed by atoms with Crippen LogP contribution in [0.15, 0.2) is 5.11 Å². The molecule has 2 fully saturated rings. The molecule has 2 atom stereocenters. The molecule has 2 unspecified atom stereocenters. The van der Waals surface area contributed by atoms with Gasteiger partial charge in [-0.05, 0) is 44.1 Å². The number of carbonyl (C=O) groups is 1. The first-order valence-corrected chi connectivity index (χ1v) is 7.39. The molecule has 2 aliphatic rings. The molecule has 0 N–H and O–H groups in total. The first-order chi connectivity index (χ1) is 9.40. The van der Waals surface area contributed by atoms with E-state index in [1.807, 2.05) is 20.8 Å². The highest BCUT2D eigenvalue weighted by Gasteiger charge is 2.42. The maximum Gasteiger partial charge on any atom is 0.410 e. The fraction of sp³-hybridized carbons (Fsp3) is 0.929. The molecule has 20 heavy (non-hydrogen) atoms.